The van der Waals surface area contributed by atoms with Crippen LogP contribution in [0.4, 0.5) is 0 Å². The van der Waals surface area contributed by atoms with E-state index in [2.05, 4.69) is 18.7 Å². The highest BCUT2D eigenvalue weighted by atomic mass is 32.2. The van der Waals surface area contributed by atoms with E-state index in [1.807, 2.05) is 57.4 Å². The Balaban J connectivity index is 2.51. The Morgan fingerprint density at radius 1 is 1.29 bits per heavy atom. The van der Waals surface area contributed by atoms with Gasteiger partial charge in [0.25, 0.3) is 0 Å². The summed E-state index contributed by atoms with van der Waals surface area (Å²) in [7, 11) is 0. The lowest BCUT2D eigenvalue weighted by atomic mass is 9.90. The number of ketones is 1. The minimum absolute atomic E-state index is 0.0338. The summed E-state index contributed by atoms with van der Waals surface area (Å²) in [5.41, 5.74) is 1.77. The molecule has 0 aliphatic carbocycles. The molecule has 0 N–H and O–H groups in total. The molecule has 1 aromatic rings. The molecule has 0 fully saturated rings. The summed E-state index contributed by atoms with van der Waals surface area (Å²) >= 11 is 1.69. The van der Waals surface area contributed by atoms with Crippen LogP contribution in [-0.4, -0.2) is 17.6 Å². The molecule has 1 aromatic carbocycles. The van der Waals surface area contributed by atoms with Gasteiger partial charge in [0, 0.05) is 10.5 Å². The van der Waals surface area contributed by atoms with Crippen molar-refractivity contribution in [2.45, 2.75) is 37.7 Å². The summed E-state index contributed by atoms with van der Waals surface area (Å²) in [5.74, 6) is 0.712. The second-order valence-electron chi connectivity index (χ2n) is 6.06. The molecule has 2 nitrogen and oxygen atoms in total. The van der Waals surface area contributed by atoms with Crippen LogP contribution in [0.5, 0.6) is 0 Å². The van der Waals surface area contributed by atoms with E-state index in [-0.39, 0.29) is 5.78 Å². The van der Waals surface area contributed by atoms with Crippen molar-refractivity contribution in [1.82, 2.24) is 0 Å². The Hall–Kier alpha value is -2.00. The molecule has 3 heteroatoms. The van der Waals surface area contributed by atoms with Crippen LogP contribution < -0.4 is 0 Å². The van der Waals surface area contributed by atoms with Crippen LogP contribution in [0, 0.1) is 0 Å². The molecule has 0 saturated carbocycles. The lowest BCUT2D eigenvalue weighted by Crippen LogP contribution is -2.29. The van der Waals surface area contributed by atoms with Gasteiger partial charge in [0.2, 0.25) is 5.78 Å². The molecule has 0 aromatic heterocycles. The van der Waals surface area contributed by atoms with Crippen molar-refractivity contribution in [2.75, 3.05) is 6.26 Å². The molecule has 1 heterocycles. The summed E-state index contributed by atoms with van der Waals surface area (Å²) in [4.78, 5) is 14.1. The van der Waals surface area contributed by atoms with E-state index in [1.54, 1.807) is 17.8 Å². The van der Waals surface area contributed by atoms with Crippen LogP contribution in [0.15, 0.2) is 71.2 Å². The standard InChI is InChI=1S/C21H24O2S/c1-6-8-9-10-15(7-2)18-19(23-21(3,4)20(18)22)16-11-13-17(24-5)14-12-16/h6-9,11-14H,1,10H2,2-5H3/b9-8-,15-7+. The number of Topliss-reactive ketones (excluding diaryl/α,β-unsaturated/α-hetero) is 1. The van der Waals surface area contributed by atoms with Gasteiger partial charge >= 0.3 is 0 Å². The molecule has 0 radical (unpaired) electrons. The molecule has 2 rings (SSSR count). The third-order valence-corrected chi connectivity index (χ3v) is 4.73. The maximum atomic E-state index is 12.9. The number of hydrogen-bond donors (Lipinski definition) is 0. The van der Waals surface area contributed by atoms with Crippen molar-refractivity contribution in [3.8, 4) is 0 Å². The van der Waals surface area contributed by atoms with E-state index in [9.17, 15) is 4.79 Å². The summed E-state index contributed by atoms with van der Waals surface area (Å²) < 4.78 is 6.06. The van der Waals surface area contributed by atoms with Crippen LogP contribution in [0.1, 0.15) is 32.8 Å². The third kappa shape index (κ3) is 3.73. The van der Waals surface area contributed by atoms with E-state index < -0.39 is 5.60 Å². The van der Waals surface area contributed by atoms with E-state index in [1.165, 1.54) is 4.90 Å². The highest BCUT2D eigenvalue weighted by Crippen LogP contribution is 2.40. The zero-order chi connectivity index (χ0) is 17.7. The van der Waals surface area contributed by atoms with Crippen LogP contribution in [0.3, 0.4) is 0 Å². The van der Waals surface area contributed by atoms with Crippen LogP contribution >= 0.6 is 11.8 Å². The first kappa shape index (κ1) is 18.3. The molecule has 0 bridgehead atoms. The third-order valence-electron chi connectivity index (χ3n) is 3.99. The molecule has 1 aliphatic rings. The van der Waals surface area contributed by atoms with Gasteiger partial charge in [-0.3, -0.25) is 4.79 Å². The lowest BCUT2D eigenvalue weighted by Gasteiger charge is -2.18. The van der Waals surface area contributed by atoms with E-state index in [0.29, 0.717) is 17.8 Å². The SMILES string of the molecule is C=C/C=C\C/C(=C\C)C1=C(c2ccc(SC)cc2)OC(C)(C)C1=O. The molecule has 0 saturated heterocycles. The van der Waals surface area contributed by atoms with Crippen LogP contribution in [0.2, 0.25) is 0 Å². The van der Waals surface area contributed by atoms with Crippen molar-refractivity contribution < 1.29 is 9.53 Å². The Morgan fingerprint density at radius 2 is 1.96 bits per heavy atom. The maximum absolute atomic E-state index is 12.9. The van der Waals surface area contributed by atoms with E-state index >= 15 is 0 Å². The number of thioether (sulfide) groups is 1. The van der Waals surface area contributed by atoms with Gasteiger partial charge in [0.15, 0.2) is 5.60 Å². The van der Waals surface area contributed by atoms with E-state index in [4.69, 9.17) is 4.74 Å². The Labute approximate surface area is 149 Å². The van der Waals surface area contributed by atoms with Gasteiger partial charge in [0.05, 0.1) is 5.57 Å². The van der Waals surface area contributed by atoms with Gasteiger partial charge in [0.1, 0.15) is 5.76 Å². The number of carbonyl (C=O) groups excluding carboxylic acids is 1. The van der Waals surface area contributed by atoms with Crippen molar-refractivity contribution in [3.05, 3.63) is 71.9 Å². The first-order valence-electron chi connectivity index (χ1n) is 8.00. The number of benzene rings is 1. The summed E-state index contributed by atoms with van der Waals surface area (Å²) in [5, 5.41) is 0. The first-order valence-corrected chi connectivity index (χ1v) is 9.22. The van der Waals surface area contributed by atoms with Gasteiger partial charge in [-0.15, -0.1) is 11.8 Å². The first-order chi connectivity index (χ1) is 11.4. The number of rotatable bonds is 6. The molecular formula is C21H24O2S. The van der Waals surface area contributed by atoms with Crippen molar-refractivity contribution in [2.24, 2.45) is 0 Å². The van der Waals surface area contributed by atoms with Gasteiger partial charge in [-0.1, -0.05) is 43.0 Å². The monoisotopic (exact) mass is 340 g/mol. The molecular weight excluding hydrogens is 316 g/mol. The van der Waals surface area contributed by atoms with Gasteiger partial charge < -0.3 is 4.74 Å². The highest BCUT2D eigenvalue weighted by molar-refractivity contribution is 7.98. The summed E-state index contributed by atoms with van der Waals surface area (Å²) in [6.45, 7) is 9.29. The fourth-order valence-electron chi connectivity index (χ4n) is 2.65. The second-order valence-corrected chi connectivity index (χ2v) is 6.94. The minimum atomic E-state index is -0.834. The normalized spacial score (nSPS) is 17.5. The van der Waals surface area contributed by atoms with Gasteiger partial charge in [-0.2, -0.15) is 0 Å². The molecule has 126 valence electrons. The van der Waals surface area contributed by atoms with Crippen molar-refractivity contribution >= 4 is 23.3 Å². The zero-order valence-corrected chi connectivity index (χ0v) is 15.6. The van der Waals surface area contributed by atoms with Gasteiger partial charge in [-0.05, 0) is 51.2 Å². The molecule has 0 amide bonds. The molecule has 0 atom stereocenters. The van der Waals surface area contributed by atoms with Crippen molar-refractivity contribution in [1.29, 1.82) is 0 Å². The number of ether oxygens (including phenoxy) is 1. The predicted octanol–water partition coefficient (Wildman–Crippen LogP) is 5.58. The highest BCUT2D eigenvalue weighted by Gasteiger charge is 2.43. The Bertz CT molecular complexity index is 719. The number of carbonyl (C=O) groups is 1. The predicted molar refractivity (Wildman–Crippen MR) is 103 cm³/mol. The zero-order valence-electron chi connectivity index (χ0n) is 14.8. The summed E-state index contributed by atoms with van der Waals surface area (Å²) in [6, 6.07) is 8.14. The maximum Gasteiger partial charge on any atom is 0.209 e. The quantitative estimate of drug-likeness (QED) is 0.500. The molecule has 0 unspecified atom stereocenters. The average Bonchev–Trinajstić information content (AvgIpc) is 2.82. The fraction of sp³-hybridized carbons (Fsp3) is 0.286. The average molecular weight is 340 g/mol. The fourth-order valence-corrected chi connectivity index (χ4v) is 3.06. The van der Waals surface area contributed by atoms with Crippen LogP contribution in [0.25, 0.3) is 5.76 Å². The smallest absolute Gasteiger partial charge is 0.209 e. The van der Waals surface area contributed by atoms with E-state index in [0.717, 1.165) is 11.1 Å². The number of hydrogen-bond acceptors (Lipinski definition) is 3. The molecule has 0 spiro atoms. The topological polar surface area (TPSA) is 26.3 Å². The van der Waals surface area contributed by atoms with Crippen molar-refractivity contribution in [3.63, 3.8) is 0 Å². The minimum Gasteiger partial charge on any atom is -0.478 e. The second kappa shape index (κ2) is 7.71. The Morgan fingerprint density at radius 3 is 2.50 bits per heavy atom. The van der Waals surface area contributed by atoms with Crippen LogP contribution in [-0.2, 0) is 9.53 Å². The number of allylic oxidation sites excluding steroid dienone is 5. The largest absolute Gasteiger partial charge is 0.478 e. The summed E-state index contributed by atoms with van der Waals surface area (Å²) in [6.07, 6.45) is 10.3. The van der Waals surface area contributed by atoms with Gasteiger partial charge in [-0.25, -0.2) is 0 Å². The molecule has 24 heavy (non-hydrogen) atoms. The lowest BCUT2D eigenvalue weighted by molar-refractivity contribution is -0.126. The molecule has 1 aliphatic heterocycles. The Kier molecular flexibility index (Phi) is 5.89.